The van der Waals surface area contributed by atoms with Crippen molar-refractivity contribution in [3.05, 3.63) is 0 Å². The van der Waals surface area contributed by atoms with Crippen molar-refractivity contribution in [2.24, 2.45) is 5.92 Å². The standard InChI is InChI=1S/C11H21NO3S/c1-4-16(14,15)8-7-12-6-5-11(13)9(2)10(12)3/h9-10H,4-8H2,1-3H3. The van der Waals surface area contributed by atoms with Gasteiger partial charge in [-0.15, -0.1) is 0 Å². The van der Waals surface area contributed by atoms with E-state index >= 15 is 0 Å². The van der Waals surface area contributed by atoms with E-state index < -0.39 is 9.84 Å². The van der Waals surface area contributed by atoms with Gasteiger partial charge < -0.3 is 0 Å². The average molecular weight is 247 g/mol. The molecular formula is C11H21NO3S. The molecular weight excluding hydrogens is 226 g/mol. The molecule has 16 heavy (non-hydrogen) atoms. The van der Waals surface area contributed by atoms with Crippen LogP contribution in [0.3, 0.4) is 0 Å². The molecule has 1 heterocycles. The summed E-state index contributed by atoms with van der Waals surface area (Å²) in [5.74, 6) is 0.721. The predicted octanol–water partition coefficient (Wildman–Crippen LogP) is 0.721. The summed E-state index contributed by atoms with van der Waals surface area (Å²) in [6, 6.07) is 0.160. The van der Waals surface area contributed by atoms with E-state index in [-0.39, 0.29) is 23.5 Å². The number of Topliss-reactive ketones (excluding diaryl/α,β-unsaturated/α-hetero) is 1. The molecule has 1 aliphatic heterocycles. The van der Waals surface area contributed by atoms with Gasteiger partial charge in [0.15, 0.2) is 9.84 Å². The van der Waals surface area contributed by atoms with Gasteiger partial charge in [-0.05, 0) is 6.92 Å². The molecule has 4 nitrogen and oxygen atoms in total. The number of carbonyl (C=O) groups excluding carboxylic acids is 1. The summed E-state index contributed by atoms with van der Waals surface area (Å²) in [5, 5.41) is 0. The molecule has 0 aromatic heterocycles. The zero-order valence-corrected chi connectivity index (χ0v) is 11.1. The minimum atomic E-state index is -2.90. The Balaban J connectivity index is 2.53. The Morgan fingerprint density at radius 1 is 1.38 bits per heavy atom. The molecule has 0 radical (unpaired) electrons. The maximum atomic E-state index is 11.5. The first kappa shape index (κ1) is 13.6. The van der Waals surface area contributed by atoms with Crippen molar-refractivity contribution < 1.29 is 13.2 Å². The first-order valence-corrected chi connectivity index (χ1v) is 7.66. The average Bonchev–Trinajstić information content (AvgIpc) is 2.25. The van der Waals surface area contributed by atoms with Gasteiger partial charge in [-0.1, -0.05) is 13.8 Å². The molecule has 2 atom stereocenters. The Labute approximate surface area is 97.9 Å². The molecule has 1 fully saturated rings. The van der Waals surface area contributed by atoms with Crippen LogP contribution in [0.25, 0.3) is 0 Å². The molecule has 0 bridgehead atoms. The van der Waals surface area contributed by atoms with Gasteiger partial charge in [0.25, 0.3) is 0 Å². The molecule has 94 valence electrons. The van der Waals surface area contributed by atoms with Crippen LogP contribution in [0.2, 0.25) is 0 Å². The number of likely N-dealkylation sites (tertiary alicyclic amines) is 1. The van der Waals surface area contributed by atoms with E-state index in [1.807, 2.05) is 13.8 Å². The Hall–Kier alpha value is -0.420. The van der Waals surface area contributed by atoms with Crippen molar-refractivity contribution >= 4 is 15.6 Å². The monoisotopic (exact) mass is 247 g/mol. The zero-order chi connectivity index (χ0) is 12.3. The van der Waals surface area contributed by atoms with E-state index in [2.05, 4.69) is 4.90 Å². The van der Waals surface area contributed by atoms with Gasteiger partial charge in [0, 0.05) is 37.2 Å². The highest BCUT2D eigenvalue weighted by Crippen LogP contribution is 2.19. The van der Waals surface area contributed by atoms with E-state index in [4.69, 9.17) is 0 Å². The third-order valence-electron chi connectivity index (χ3n) is 3.58. The maximum absolute atomic E-state index is 11.5. The lowest BCUT2D eigenvalue weighted by Crippen LogP contribution is -2.48. The van der Waals surface area contributed by atoms with E-state index in [0.717, 1.165) is 0 Å². The Kier molecular flexibility index (Phi) is 4.50. The van der Waals surface area contributed by atoms with Crippen LogP contribution in [0.5, 0.6) is 0 Å². The SMILES string of the molecule is CCS(=O)(=O)CCN1CCC(=O)C(C)C1C. The third kappa shape index (κ3) is 3.28. The van der Waals surface area contributed by atoms with Crippen LogP contribution in [0, 0.1) is 5.92 Å². The summed E-state index contributed by atoms with van der Waals surface area (Å²) in [6.07, 6.45) is 0.553. The highest BCUT2D eigenvalue weighted by atomic mass is 32.2. The van der Waals surface area contributed by atoms with E-state index in [0.29, 0.717) is 25.3 Å². The fourth-order valence-corrected chi connectivity index (χ4v) is 2.79. The largest absolute Gasteiger partial charge is 0.299 e. The molecule has 0 aromatic carbocycles. The second-order valence-electron chi connectivity index (χ2n) is 4.52. The van der Waals surface area contributed by atoms with Gasteiger partial charge in [0.05, 0.1) is 5.75 Å². The first-order valence-electron chi connectivity index (χ1n) is 5.84. The molecule has 5 heteroatoms. The van der Waals surface area contributed by atoms with Gasteiger partial charge in [-0.25, -0.2) is 8.42 Å². The molecule has 2 unspecified atom stereocenters. The molecule has 0 N–H and O–H groups in total. The topological polar surface area (TPSA) is 54.5 Å². The van der Waals surface area contributed by atoms with Gasteiger partial charge in [-0.2, -0.15) is 0 Å². The fourth-order valence-electron chi connectivity index (χ4n) is 1.99. The van der Waals surface area contributed by atoms with Crippen LogP contribution in [0.1, 0.15) is 27.2 Å². The van der Waals surface area contributed by atoms with Crippen molar-refractivity contribution in [2.75, 3.05) is 24.6 Å². The van der Waals surface area contributed by atoms with Crippen molar-refractivity contribution in [3.8, 4) is 0 Å². The van der Waals surface area contributed by atoms with E-state index in [1.165, 1.54) is 0 Å². The lowest BCUT2D eigenvalue weighted by Gasteiger charge is -2.36. The van der Waals surface area contributed by atoms with Gasteiger partial charge in [0.1, 0.15) is 5.78 Å². The summed E-state index contributed by atoms with van der Waals surface area (Å²) >= 11 is 0. The number of nitrogens with zero attached hydrogens (tertiary/aromatic N) is 1. The zero-order valence-electron chi connectivity index (χ0n) is 10.3. The van der Waals surface area contributed by atoms with E-state index in [9.17, 15) is 13.2 Å². The summed E-state index contributed by atoms with van der Waals surface area (Å²) in [5.41, 5.74) is 0. The van der Waals surface area contributed by atoms with Crippen LogP contribution in [0.4, 0.5) is 0 Å². The van der Waals surface area contributed by atoms with E-state index in [1.54, 1.807) is 6.92 Å². The smallest absolute Gasteiger partial charge is 0.151 e. The number of rotatable bonds is 4. The number of ketones is 1. The molecule has 1 rings (SSSR count). The summed E-state index contributed by atoms with van der Waals surface area (Å²) in [4.78, 5) is 13.6. The molecule has 0 aliphatic carbocycles. The van der Waals surface area contributed by atoms with Gasteiger partial charge in [0.2, 0.25) is 0 Å². The van der Waals surface area contributed by atoms with Crippen LogP contribution in [-0.4, -0.2) is 49.7 Å². The highest BCUT2D eigenvalue weighted by Gasteiger charge is 2.30. The predicted molar refractivity (Wildman–Crippen MR) is 64.2 cm³/mol. The minimum absolute atomic E-state index is 0.0260. The Morgan fingerprint density at radius 2 is 2.00 bits per heavy atom. The second-order valence-corrected chi connectivity index (χ2v) is 6.99. The second kappa shape index (κ2) is 5.27. The molecule has 1 saturated heterocycles. The van der Waals surface area contributed by atoms with Crippen LogP contribution < -0.4 is 0 Å². The maximum Gasteiger partial charge on any atom is 0.151 e. The first-order chi connectivity index (χ1) is 7.37. The Morgan fingerprint density at radius 3 is 2.56 bits per heavy atom. The highest BCUT2D eigenvalue weighted by molar-refractivity contribution is 7.91. The minimum Gasteiger partial charge on any atom is -0.299 e. The number of sulfone groups is 1. The normalized spacial score (nSPS) is 28.3. The molecule has 1 aliphatic rings. The van der Waals surface area contributed by atoms with Gasteiger partial charge >= 0.3 is 0 Å². The van der Waals surface area contributed by atoms with Crippen LogP contribution in [-0.2, 0) is 14.6 Å². The lowest BCUT2D eigenvalue weighted by atomic mass is 9.91. The molecule has 0 saturated carbocycles. The van der Waals surface area contributed by atoms with Crippen LogP contribution >= 0.6 is 0 Å². The van der Waals surface area contributed by atoms with Crippen molar-refractivity contribution in [1.82, 2.24) is 4.90 Å². The number of piperidine rings is 1. The number of carbonyl (C=O) groups is 1. The quantitative estimate of drug-likeness (QED) is 0.734. The molecule has 0 aromatic rings. The van der Waals surface area contributed by atoms with Crippen molar-refractivity contribution in [2.45, 2.75) is 33.2 Å². The van der Waals surface area contributed by atoms with Gasteiger partial charge in [-0.3, -0.25) is 9.69 Å². The lowest BCUT2D eigenvalue weighted by molar-refractivity contribution is -0.127. The summed E-state index contributed by atoms with van der Waals surface area (Å²) < 4.78 is 22.8. The molecule has 0 spiro atoms. The fraction of sp³-hybridized carbons (Fsp3) is 0.909. The molecule has 0 amide bonds. The number of hydrogen-bond donors (Lipinski definition) is 0. The van der Waals surface area contributed by atoms with Crippen LogP contribution in [0.15, 0.2) is 0 Å². The van der Waals surface area contributed by atoms with Crippen molar-refractivity contribution in [1.29, 1.82) is 0 Å². The summed E-state index contributed by atoms with van der Waals surface area (Å²) in [6.45, 7) is 6.84. The summed E-state index contributed by atoms with van der Waals surface area (Å²) in [7, 11) is -2.90. The third-order valence-corrected chi connectivity index (χ3v) is 5.27. The van der Waals surface area contributed by atoms with Crippen molar-refractivity contribution in [3.63, 3.8) is 0 Å². The number of hydrogen-bond acceptors (Lipinski definition) is 4. The Bertz CT molecular complexity index is 350.